The first-order valence-electron chi connectivity index (χ1n) is 5.82. The van der Waals surface area contributed by atoms with E-state index in [0.717, 1.165) is 19.6 Å². The largest absolute Gasteiger partial charge is 0.318 e. The highest BCUT2D eigenvalue weighted by atomic mass is 15.2. The van der Waals surface area contributed by atoms with Crippen molar-refractivity contribution in [2.45, 2.75) is 31.7 Å². The van der Waals surface area contributed by atoms with E-state index in [1.54, 1.807) is 0 Å². The van der Waals surface area contributed by atoms with Crippen LogP contribution in [0.15, 0.2) is 0 Å². The van der Waals surface area contributed by atoms with E-state index in [4.69, 9.17) is 0 Å². The third kappa shape index (κ3) is 2.69. The second kappa shape index (κ2) is 5.69. The van der Waals surface area contributed by atoms with Crippen LogP contribution in [-0.2, 0) is 0 Å². The van der Waals surface area contributed by atoms with Gasteiger partial charge in [-0.15, -0.1) is 0 Å². The Kier molecular flexibility index (Phi) is 4.85. The molecule has 1 heterocycles. The minimum atomic E-state index is 0.399. The molecule has 1 aliphatic heterocycles. The Hall–Kier alpha value is -0.120. The highest BCUT2D eigenvalue weighted by Gasteiger charge is 2.34. The lowest BCUT2D eigenvalue weighted by molar-refractivity contribution is 0.0828. The molecule has 0 unspecified atom stereocenters. The summed E-state index contributed by atoms with van der Waals surface area (Å²) >= 11 is 0. The van der Waals surface area contributed by atoms with Crippen molar-refractivity contribution in [2.75, 3.05) is 40.3 Å². The summed E-state index contributed by atoms with van der Waals surface area (Å²) in [6, 6.07) is 0. The predicted molar refractivity (Wildman–Crippen MR) is 61.7 cm³/mol. The summed E-state index contributed by atoms with van der Waals surface area (Å²) in [6.45, 7) is 6.91. The second-order valence-electron chi connectivity index (χ2n) is 4.43. The van der Waals surface area contributed by atoms with E-state index in [-0.39, 0.29) is 0 Å². The number of likely N-dealkylation sites (N-methyl/N-ethyl adjacent to an activating group) is 2. The first-order chi connectivity index (χ1) is 6.75. The summed E-state index contributed by atoms with van der Waals surface area (Å²) in [7, 11) is 4.33. The maximum absolute atomic E-state index is 3.44. The van der Waals surface area contributed by atoms with E-state index >= 15 is 0 Å². The third-order valence-corrected chi connectivity index (χ3v) is 3.41. The molecule has 0 radical (unpaired) electrons. The lowest BCUT2D eigenvalue weighted by atomic mass is 9.86. The fourth-order valence-corrected chi connectivity index (χ4v) is 2.49. The van der Waals surface area contributed by atoms with Crippen molar-refractivity contribution in [3.05, 3.63) is 0 Å². The molecule has 0 amide bonds. The van der Waals surface area contributed by atoms with Gasteiger partial charge in [0.1, 0.15) is 0 Å². The number of hydrogen-bond donors (Lipinski definition) is 2. The first-order valence-corrected chi connectivity index (χ1v) is 5.82. The molecule has 0 aromatic heterocycles. The summed E-state index contributed by atoms with van der Waals surface area (Å²) in [5, 5.41) is 6.79. The maximum atomic E-state index is 3.44. The predicted octanol–water partition coefficient (Wildman–Crippen LogP) is 0.670. The normalized spacial score (nSPS) is 21.4. The molecule has 0 spiro atoms. The van der Waals surface area contributed by atoms with Crippen molar-refractivity contribution in [2.24, 2.45) is 0 Å². The van der Waals surface area contributed by atoms with Gasteiger partial charge in [-0.1, -0.05) is 6.92 Å². The van der Waals surface area contributed by atoms with Gasteiger partial charge in [-0.25, -0.2) is 0 Å². The molecule has 1 rings (SSSR count). The molecule has 0 saturated carbocycles. The monoisotopic (exact) mass is 199 g/mol. The first kappa shape index (κ1) is 12.0. The van der Waals surface area contributed by atoms with Crippen LogP contribution >= 0.6 is 0 Å². The summed E-state index contributed by atoms with van der Waals surface area (Å²) in [4.78, 5) is 2.55. The number of piperidine rings is 1. The Bertz CT molecular complexity index is 147. The van der Waals surface area contributed by atoms with Crippen LogP contribution in [0.4, 0.5) is 0 Å². The van der Waals surface area contributed by atoms with Gasteiger partial charge in [0.15, 0.2) is 0 Å². The van der Waals surface area contributed by atoms with Gasteiger partial charge >= 0.3 is 0 Å². The Labute approximate surface area is 88.2 Å². The topological polar surface area (TPSA) is 27.3 Å². The fraction of sp³-hybridized carbons (Fsp3) is 1.00. The van der Waals surface area contributed by atoms with Crippen LogP contribution in [0.2, 0.25) is 0 Å². The van der Waals surface area contributed by atoms with Crippen molar-refractivity contribution in [1.82, 2.24) is 15.5 Å². The average molecular weight is 199 g/mol. The lowest BCUT2D eigenvalue weighted by Gasteiger charge is -2.45. The molecule has 0 aromatic rings. The van der Waals surface area contributed by atoms with Crippen molar-refractivity contribution < 1.29 is 0 Å². The van der Waals surface area contributed by atoms with Gasteiger partial charge in [-0.05, 0) is 53.0 Å². The quantitative estimate of drug-likeness (QED) is 0.681. The zero-order chi connectivity index (χ0) is 10.4. The number of nitrogens with one attached hydrogen (secondary N) is 2. The van der Waals surface area contributed by atoms with Gasteiger partial charge in [0, 0.05) is 12.1 Å². The van der Waals surface area contributed by atoms with E-state index in [9.17, 15) is 0 Å². The molecule has 0 atom stereocenters. The Morgan fingerprint density at radius 3 is 2.50 bits per heavy atom. The van der Waals surface area contributed by atoms with Gasteiger partial charge in [0.25, 0.3) is 0 Å². The molecule has 1 fully saturated rings. The number of nitrogens with zero attached hydrogens (tertiary/aromatic N) is 1. The van der Waals surface area contributed by atoms with Crippen molar-refractivity contribution in [3.8, 4) is 0 Å². The molecule has 1 aliphatic rings. The Morgan fingerprint density at radius 1 is 1.36 bits per heavy atom. The minimum absolute atomic E-state index is 0.399. The van der Waals surface area contributed by atoms with Crippen LogP contribution in [0.1, 0.15) is 26.2 Å². The van der Waals surface area contributed by atoms with Gasteiger partial charge in [-0.3, -0.25) is 4.90 Å². The van der Waals surface area contributed by atoms with Crippen LogP contribution in [-0.4, -0.2) is 50.7 Å². The van der Waals surface area contributed by atoms with E-state index < -0.39 is 0 Å². The number of hydrogen-bond acceptors (Lipinski definition) is 3. The fourth-order valence-electron chi connectivity index (χ4n) is 2.49. The molecule has 2 N–H and O–H groups in total. The maximum Gasteiger partial charge on any atom is 0.0354 e. The summed E-state index contributed by atoms with van der Waals surface area (Å²) in [6.07, 6.45) is 3.78. The SMILES string of the molecule is CCCN(C)C1(CNC)CCNCC1. The van der Waals surface area contributed by atoms with Crippen LogP contribution in [0.5, 0.6) is 0 Å². The standard InChI is InChI=1S/C11H25N3/c1-4-9-14(3)11(10-12-2)5-7-13-8-6-11/h12-13H,4-10H2,1-3H3. The van der Waals surface area contributed by atoms with Crippen molar-refractivity contribution >= 4 is 0 Å². The zero-order valence-corrected chi connectivity index (χ0v) is 9.90. The van der Waals surface area contributed by atoms with Crippen LogP contribution in [0.25, 0.3) is 0 Å². The van der Waals surface area contributed by atoms with E-state index in [0.29, 0.717) is 5.54 Å². The zero-order valence-electron chi connectivity index (χ0n) is 9.90. The Balaban J connectivity index is 2.58. The molecular weight excluding hydrogens is 174 g/mol. The molecule has 3 heteroatoms. The van der Waals surface area contributed by atoms with Crippen LogP contribution in [0, 0.1) is 0 Å². The average Bonchev–Trinajstić information content (AvgIpc) is 2.20. The summed E-state index contributed by atoms with van der Waals surface area (Å²) < 4.78 is 0. The Morgan fingerprint density at radius 2 is 2.00 bits per heavy atom. The molecular formula is C11H25N3. The minimum Gasteiger partial charge on any atom is -0.318 e. The van der Waals surface area contributed by atoms with E-state index in [2.05, 4.69) is 36.6 Å². The van der Waals surface area contributed by atoms with Gasteiger partial charge < -0.3 is 10.6 Å². The molecule has 3 nitrogen and oxygen atoms in total. The van der Waals surface area contributed by atoms with Gasteiger partial charge in [-0.2, -0.15) is 0 Å². The molecule has 84 valence electrons. The van der Waals surface area contributed by atoms with Crippen LogP contribution in [0.3, 0.4) is 0 Å². The molecule has 0 aliphatic carbocycles. The van der Waals surface area contributed by atoms with E-state index in [1.807, 2.05) is 0 Å². The summed E-state index contributed by atoms with van der Waals surface area (Å²) in [5.41, 5.74) is 0.399. The molecule has 1 saturated heterocycles. The van der Waals surface area contributed by atoms with Crippen molar-refractivity contribution in [3.63, 3.8) is 0 Å². The molecule has 0 aromatic carbocycles. The van der Waals surface area contributed by atoms with Gasteiger partial charge in [0.05, 0.1) is 0 Å². The summed E-state index contributed by atoms with van der Waals surface area (Å²) in [5.74, 6) is 0. The van der Waals surface area contributed by atoms with Crippen molar-refractivity contribution in [1.29, 1.82) is 0 Å². The van der Waals surface area contributed by atoms with E-state index in [1.165, 1.54) is 25.8 Å². The second-order valence-corrected chi connectivity index (χ2v) is 4.43. The third-order valence-electron chi connectivity index (χ3n) is 3.41. The highest BCUT2D eigenvalue weighted by molar-refractivity contribution is 4.94. The van der Waals surface area contributed by atoms with Crippen LogP contribution < -0.4 is 10.6 Å². The smallest absolute Gasteiger partial charge is 0.0354 e. The molecule has 0 bridgehead atoms. The molecule has 14 heavy (non-hydrogen) atoms. The lowest BCUT2D eigenvalue weighted by Crippen LogP contribution is -2.58. The number of rotatable bonds is 5. The highest BCUT2D eigenvalue weighted by Crippen LogP contribution is 2.24. The van der Waals surface area contributed by atoms with Gasteiger partial charge in [0.2, 0.25) is 0 Å².